The van der Waals surface area contributed by atoms with E-state index in [2.05, 4.69) is 35.6 Å². The van der Waals surface area contributed by atoms with Crippen molar-refractivity contribution in [2.24, 2.45) is 0 Å². The highest BCUT2D eigenvalue weighted by Gasteiger charge is 2.12. The van der Waals surface area contributed by atoms with Crippen molar-refractivity contribution in [3.05, 3.63) is 27.7 Å². The van der Waals surface area contributed by atoms with Crippen LogP contribution in [0.4, 0.5) is 0 Å². The molecule has 0 N–H and O–H groups in total. The summed E-state index contributed by atoms with van der Waals surface area (Å²) in [5.74, 6) is 0.655. The van der Waals surface area contributed by atoms with Gasteiger partial charge in [-0.2, -0.15) is 0 Å². The SMILES string of the molecule is C[Si](C)(C)CCOCOc1ccc(Br)cc1Cl. The van der Waals surface area contributed by atoms with Crippen molar-refractivity contribution in [1.82, 2.24) is 0 Å². The lowest BCUT2D eigenvalue weighted by Gasteiger charge is -2.15. The van der Waals surface area contributed by atoms with Gasteiger partial charge in [0.2, 0.25) is 0 Å². The first kappa shape index (κ1) is 15.0. The van der Waals surface area contributed by atoms with Gasteiger partial charge in [0.05, 0.1) is 5.02 Å². The summed E-state index contributed by atoms with van der Waals surface area (Å²) in [5.41, 5.74) is 0. The van der Waals surface area contributed by atoms with E-state index in [1.807, 2.05) is 12.1 Å². The summed E-state index contributed by atoms with van der Waals surface area (Å²) >= 11 is 9.36. The lowest BCUT2D eigenvalue weighted by Crippen LogP contribution is -2.22. The molecule has 0 saturated heterocycles. The van der Waals surface area contributed by atoms with Crippen molar-refractivity contribution >= 4 is 35.6 Å². The molecule has 0 radical (unpaired) electrons. The molecule has 0 fully saturated rings. The Bertz CT molecular complexity index is 366. The quantitative estimate of drug-likeness (QED) is 0.422. The Morgan fingerprint density at radius 3 is 2.59 bits per heavy atom. The van der Waals surface area contributed by atoms with Gasteiger partial charge >= 0.3 is 0 Å². The predicted molar refractivity (Wildman–Crippen MR) is 78.8 cm³/mol. The molecule has 0 saturated carbocycles. The molecule has 5 heteroatoms. The van der Waals surface area contributed by atoms with Gasteiger partial charge in [-0.25, -0.2) is 0 Å². The van der Waals surface area contributed by atoms with Gasteiger partial charge in [0.1, 0.15) is 5.75 Å². The summed E-state index contributed by atoms with van der Waals surface area (Å²) in [6.07, 6.45) is 0. The van der Waals surface area contributed by atoms with Crippen LogP contribution in [0.15, 0.2) is 22.7 Å². The first-order valence-electron chi connectivity index (χ1n) is 5.54. The summed E-state index contributed by atoms with van der Waals surface area (Å²) in [4.78, 5) is 0. The maximum Gasteiger partial charge on any atom is 0.189 e. The van der Waals surface area contributed by atoms with Crippen LogP contribution < -0.4 is 4.74 Å². The Labute approximate surface area is 117 Å². The zero-order valence-electron chi connectivity index (χ0n) is 10.4. The average molecular weight is 338 g/mol. The van der Waals surface area contributed by atoms with Gasteiger partial charge < -0.3 is 9.47 Å². The second kappa shape index (κ2) is 6.78. The molecule has 1 aromatic rings. The van der Waals surface area contributed by atoms with Crippen molar-refractivity contribution in [2.75, 3.05) is 13.4 Å². The Morgan fingerprint density at radius 1 is 1.29 bits per heavy atom. The number of rotatable bonds is 6. The largest absolute Gasteiger partial charge is 0.466 e. The monoisotopic (exact) mass is 336 g/mol. The molecule has 0 bridgehead atoms. The highest BCUT2D eigenvalue weighted by molar-refractivity contribution is 9.10. The zero-order valence-corrected chi connectivity index (χ0v) is 13.8. The Kier molecular flexibility index (Phi) is 5.99. The molecule has 0 aliphatic heterocycles. The molecule has 0 amide bonds. The molecule has 1 aromatic carbocycles. The number of hydrogen-bond donors (Lipinski definition) is 0. The van der Waals surface area contributed by atoms with E-state index in [9.17, 15) is 0 Å². The number of hydrogen-bond acceptors (Lipinski definition) is 2. The van der Waals surface area contributed by atoms with Gasteiger partial charge in [-0.05, 0) is 24.2 Å². The second-order valence-corrected chi connectivity index (χ2v) is 12.0. The standard InChI is InChI=1S/C12H18BrClO2Si/c1-17(2,3)7-6-15-9-16-12-5-4-10(13)8-11(12)14/h4-5,8H,6-7,9H2,1-3H3. The molecule has 0 atom stereocenters. The van der Waals surface area contributed by atoms with E-state index < -0.39 is 8.07 Å². The minimum atomic E-state index is -1.02. The number of benzene rings is 1. The van der Waals surface area contributed by atoms with E-state index in [0.29, 0.717) is 10.8 Å². The van der Waals surface area contributed by atoms with Crippen LogP contribution in [0.3, 0.4) is 0 Å². The van der Waals surface area contributed by atoms with E-state index in [1.165, 1.54) is 0 Å². The molecule has 17 heavy (non-hydrogen) atoms. The molecule has 0 aliphatic carbocycles. The summed E-state index contributed by atoms with van der Waals surface area (Å²) in [5, 5.41) is 0.591. The molecule has 2 nitrogen and oxygen atoms in total. The molecule has 0 spiro atoms. The second-order valence-electron chi connectivity index (χ2n) is 5.06. The van der Waals surface area contributed by atoms with E-state index in [4.69, 9.17) is 21.1 Å². The minimum absolute atomic E-state index is 0.256. The van der Waals surface area contributed by atoms with Crippen LogP contribution in [0.25, 0.3) is 0 Å². The Balaban J connectivity index is 2.27. The lowest BCUT2D eigenvalue weighted by molar-refractivity contribution is 0.0221. The molecular formula is C12H18BrClO2Si. The molecule has 0 unspecified atom stereocenters. The third-order valence-electron chi connectivity index (χ3n) is 2.19. The van der Waals surface area contributed by atoms with Gasteiger partial charge in [0.25, 0.3) is 0 Å². The average Bonchev–Trinajstić information content (AvgIpc) is 2.18. The van der Waals surface area contributed by atoms with Gasteiger partial charge in [-0.15, -0.1) is 0 Å². The van der Waals surface area contributed by atoms with E-state index in [0.717, 1.165) is 17.1 Å². The van der Waals surface area contributed by atoms with E-state index in [-0.39, 0.29) is 6.79 Å². The molecular weight excluding hydrogens is 320 g/mol. The van der Waals surface area contributed by atoms with Crippen molar-refractivity contribution in [3.63, 3.8) is 0 Å². The molecule has 0 heterocycles. The first-order valence-corrected chi connectivity index (χ1v) is 10.4. The molecule has 0 aliphatic rings. The summed E-state index contributed by atoms with van der Waals surface area (Å²) in [6, 6.07) is 6.67. The highest BCUT2D eigenvalue weighted by Crippen LogP contribution is 2.27. The van der Waals surface area contributed by atoms with E-state index in [1.54, 1.807) is 6.07 Å². The predicted octanol–water partition coefficient (Wildman–Crippen LogP) is 4.79. The van der Waals surface area contributed by atoms with Crippen LogP contribution in [-0.2, 0) is 4.74 Å². The van der Waals surface area contributed by atoms with E-state index >= 15 is 0 Å². The maximum atomic E-state index is 6.01. The maximum absolute atomic E-state index is 6.01. The summed E-state index contributed by atoms with van der Waals surface area (Å²) in [6.45, 7) is 7.98. The highest BCUT2D eigenvalue weighted by atomic mass is 79.9. The fourth-order valence-electron chi connectivity index (χ4n) is 1.13. The van der Waals surface area contributed by atoms with Crippen LogP contribution in [0, 0.1) is 0 Å². The van der Waals surface area contributed by atoms with Crippen LogP contribution in [0.2, 0.25) is 30.7 Å². The Morgan fingerprint density at radius 2 is 2.00 bits per heavy atom. The fourth-order valence-corrected chi connectivity index (χ4v) is 2.62. The lowest BCUT2D eigenvalue weighted by atomic mass is 10.3. The van der Waals surface area contributed by atoms with Crippen molar-refractivity contribution in [2.45, 2.75) is 25.7 Å². The Hall–Kier alpha value is -0.0331. The van der Waals surface area contributed by atoms with Gasteiger partial charge in [-0.3, -0.25) is 0 Å². The first-order chi connectivity index (χ1) is 7.88. The molecule has 96 valence electrons. The normalized spacial score (nSPS) is 11.6. The van der Waals surface area contributed by atoms with Gasteiger partial charge in [-0.1, -0.05) is 47.2 Å². The minimum Gasteiger partial charge on any atom is -0.466 e. The summed E-state index contributed by atoms with van der Waals surface area (Å²) in [7, 11) is -1.02. The van der Waals surface area contributed by atoms with Crippen LogP contribution >= 0.6 is 27.5 Å². The van der Waals surface area contributed by atoms with Gasteiger partial charge in [0.15, 0.2) is 6.79 Å². The number of halogens is 2. The zero-order chi connectivity index (χ0) is 12.9. The summed E-state index contributed by atoms with van der Waals surface area (Å²) < 4.78 is 11.8. The van der Waals surface area contributed by atoms with Crippen LogP contribution in [0.5, 0.6) is 5.75 Å². The van der Waals surface area contributed by atoms with Crippen molar-refractivity contribution < 1.29 is 9.47 Å². The third kappa shape index (κ3) is 6.45. The molecule has 1 rings (SSSR count). The topological polar surface area (TPSA) is 18.5 Å². The van der Waals surface area contributed by atoms with Crippen LogP contribution in [-0.4, -0.2) is 21.5 Å². The third-order valence-corrected chi connectivity index (χ3v) is 4.68. The number of ether oxygens (including phenoxy) is 2. The fraction of sp³-hybridized carbons (Fsp3) is 0.500. The van der Waals surface area contributed by atoms with Crippen molar-refractivity contribution in [1.29, 1.82) is 0 Å². The van der Waals surface area contributed by atoms with Crippen molar-refractivity contribution in [3.8, 4) is 5.75 Å². The van der Waals surface area contributed by atoms with Crippen LogP contribution in [0.1, 0.15) is 0 Å². The molecule has 0 aromatic heterocycles. The van der Waals surface area contributed by atoms with Gasteiger partial charge in [0, 0.05) is 19.2 Å². The smallest absolute Gasteiger partial charge is 0.189 e.